The Morgan fingerprint density at radius 1 is 1.33 bits per heavy atom. The molecule has 2 aromatic rings. The Labute approximate surface area is 108 Å². The summed E-state index contributed by atoms with van der Waals surface area (Å²) in [5.41, 5.74) is 1.05. The van der Waals surface area contributed by atoms with Gasteiger partial charge in [-0.2, -0.15) is 0 Å². The van der Waals surface area contributed by atoms with Gasteiger partial charge in [0.05, 0.1) is 6.61 Å². The number of rotatable bonds is 6. The average Bonchev–Trinajstić information content (AvgIpc) is 2.89. The zero-order valence-corrected chi connectivity index (χ0v) is 10.9. The first-order valence-electron chi connectivity index (χ1n) is 6.13. The van der Waals surface area contributed by atoms with Crippen LogP contribution in [0, 0.1) is 0 Å². The van der Waals surface area contributed by atoms with Crippen molar-refractivity contribution in [3.05, 3.63) is 36.7 Å². The lowest BCUT2D eigenvalue weighted by molar-refractivity contribution is 0.281. The first kappa shape index (κ1) is 12.6. The number of benzene rings is 1. The normalized spacial score (nSPS) is 10.8. The van der Waals surface area contributed by atoms with Gasteiger partial charge in [-0.15, -0.1) is 0 Å². The van der Waals surface area contributed by atoms with Gasteiger partial charge in [-0.05, 0) is 32.6 Å². The van der Waals surface area contributed by atoms with E-state index in [1.807, 2.05) is 30.5 Å². The molecule has 0 fully saturated rings. The van der Waals surface area contributed by atoms with Crippen LogP contribution in [0.2, 0.25) is 0 Å². The van der Waals surface area contributed by atoms with Crippen molar-refractivity contribution in [2.75, 3.05) is 27.2 Å². The number of hydrogen-bond acceptors (Lipinski definition) is 3. The van der Waals surface area contributed by atoms with Crippen LogP contribution in [-0.4, -0.2) is 42.1 Å². The van der Waals surface area contributed by atoms with Crippen molar-refractivity contribution in [3.63, 3.8) is 0 Å². The molecule has 18 heavy (non-hydrogen) atoms. The maximum Gasteiger partial charge on any atom is 0.137 e. The monoisotopic (exact) mass is 245 g/mol. The second-order valence-electron chi connectivity index (χ2n) is 4.47. The number of nitrogens with zero attached hydrogens (tertiary/aromatic N) is 2. The zero-order chi connectivity index (χ0) is 12.8. The Bertz CT molecular complexity index is 466. The fourth-order valence-corrected chi connectivity index (χ4v) is 1.73. The van der Waals surface area contributed by atoms with Crippen LogP contribution in [0.5, 0.6) is 5.75 Å². The van der Waals surface area contributed by atoms with Gasteiger partial charge >= 0.3 is 0 Å². The van der Waals surface area contributed by atoms with Gasteiger partial charge < -0.3 is 14.6 Å². The van der Waals surface area contributed by atoms with Crippen molar-refractivity contribution in [2.24, 2.45) is 0 Å². The number of nitrogens with one attached hydrogen (secondary N) is 1. The first-order chi connectivity index (χ1) is 8.75. The fraction of sp³-hybridized carbons (Fsp3) is 0.357. The molecule has 0 atom stereocenters. The van der Waals surface area contributed by atoms with Gasteiger partial charge in [0.15, 0.2) is 0 Å². The highest BCUT2D eigenvalue weighted by Crippen LogP contribution is 2.20. The fourth-order valence-electron chi connectivity index (χ4n) is 1.73. The third-order valence-corrected chi connectivity index (χ3v) is 2.62. The minimum absolute atomic E-state index is 0.736. The molecule has 0 bridgehead atoms. The molecule has 1 aromatic carbocycles. The highest BCUT2D eigenvalue weighted by Gasteiger charge is 2.01. The van der Waals surface area contributed by atoms with Crippen LogP contribution in [0.4, 0.5) is 0 Å². The molecule has 0 saturated carbocycles. The van der Waals surface area contributed by atoms with Crippen molar-refractivity contribution in [1.29, 1.82) is 0 Å². The van der Waals surface area contributed by atoms with E-state index in [9.17, 15) is 0 Å². The number of imidazole rings is 1. The third-order valence-electron chi connectivity index (χ3n) is 2.62. The van der Waals surface area contributed by atoms with E-state index in [2.05, 4.69) is 29.0 Å². The summed E-state index contributed by atoms with van der Waals surface area (Å²) >= 11 is 0. The highest BCUT2D eigenvalue weighted by molar-refractivity contribution is 5.57. The van der Waals surface area contributed by atoms with Crippen molar-refractivity contribution in [3.8, 4) is 17.1 Å². The van der Waals surface area contributed by atoms with E-state index in [4.69, 9.17) is 4.74 Å². The van der Waals surface area contributed by atoms with Crippen molar-refractivity contribution in [2.45, 2.75) is 6.42 Å². The number of hydrogen-bond donors (Lipinski definition) is 1. The lowest BCUT2D eigenvalue weighted by Gasteiger charge is -2.10. The molecule has 96 valence electrons. The number of ether oxygens (including phenoxy) is 1. The molecule has 1 N–H and O–H groups in total. The summed E-state index contributed by atoms with van der Waals surface area (Å²) in [6, 6.07) is 7.99. The molecule has 0 aliphatic heterocycles. The van der Waals surface area contributed by atoms with Crippen molar-refractivity contribution >= 4 is 0 Å². The van der Waals surface area contributed by atoms with Crippen LogP contribution < -0.4 is 4.74 Å². The quantitative estimate of drug-likeness (QED) is 0.795. The first-order valence-corrected chi connectivity index (χ1v) is 6.13. The molecule has 0 unspecified atom stereocenters. The van der Waals surface area contributed by atoms with Crippen LogP contribution in [0.25, 0.3) is 11.4 Å². The Morgan fingerprint density at radius 2 is 2.22 bits per heavy atom. The maximum atomic E-state index is 5.73. The van der Waals surface area contributed by atoms with Gasteiger partial charge in [0.2, 0.25) is 0 Å². The molecule has 1 heterocycles. The number of H-pyrrole nitrogens is 1. The molecule has 0 saturated heterocycles. The lowest BCUT2D eigenvalue weighted by Crippen LogP contribution is -2.15. The Morgan fingerprint density at radius 3 is 2.94 bits per heavy atom. The zero-order valence-electron chi connectivity index (χ0n) is 10.9. The van der Waals surface area contributed by atoms with Gasteiger partial charge in [0, 0.05) is 24.5 Å². The van der Waals surface area contributed by atoms with E-state index in [1.165, 1.54) is 0 Å². The summed E-state index contributed by atoms with van der Waals surface area (Å²) < 4.78 is 5.73. The molecular weight excluding hydrogens is 226 g/mol. The van der Waals surface area contributed by atoms with Crippen LogP contribution >= 0.6 is 0 Å². The molecule has 4 nitrogen and oxygen atoms in total. The van der Waals surface area contributed by atoms with E-state index in [0.29, 0.717) is 0 Å². The Hall–Kier alpha value is -1.81. The molecular formula is C14H19N3O. The molecule has 0 spiro atoms. The Balaban J connectivity index is 1.92. The molecule has 0 aliphatic rings. The predicted octanol–water partition coefficient (Wildman–Crippen LogP) is 2.41. The van der Waals surface area contributed by atoms with Gasteiger partial charge in [0.1, 0.15) is 11.6 Å². The van der Waals surface area contributed by atoms with Gasteiger partial charge in [-0.1, -0.05) is 12.1 Å². The van der Waals surface area contributed by atoms with E-state index in [-0.39, 0.29) is 0 Å². The largest absolute Gasteiger partial charge is 0.494 e. The molecule has 0 aliphatic carbocycles. The van der Waals surface area contributed by atoms with Crippen LogP contribution in [0.1, 0.15) is 6.42 Å². The molecule has 2 rings (SSSR count). The summed E-state index contributed by atoms with van der Waals surface area (Å²) in [5, 5.41) is 0. The standard InChI is InChI=1S/C14H19N3O/c1-17(2)9-4-10-18-13-6-3-5-12(11-13)14-15-7-8-16-14/h3,5-8,11H,4,9-10H2,1-2H3,(H,15,16). The third kappa shape index (κ3) is 3.60. The maximum absolute atomic E-state index is 5.73. The minimum atomic E-state index is 0.736. The topological polar surface area (TPSA) is 41.1 Å². The number of aromatic amines is 1. The SMILES string of the molecule is CN(C)CCCOc1cccc(-c2ncc[nH]2)c1. The van der Waals surface area contributed by atoms with E-state index in [0.717, 1.165) is 36.7 Å². The second-order valence-corrected chi connectivity index (χ2v) is 4.47. The van der Waals surface area contributed by atoms with Crippen LogP contribution in [-0.2, 0) is 0 Å². The Kier molecular flexibility index (Phi) is 4.36. The smallest absolute Gasteiger partial charge is 0.137 e. The summed E-state index contributed by atoms with van der Waals surface area (Å²) in [4.78, 5) is 9.47. The molecule has 4 heteroatoms. The summed E-state index contributed by atoms with van der Waals surface area (Å²) in [6.07, 6.45) is 4.60. The van der Waals surface area contributed by atoms with E-state index < -0.39 is 0 Å². The van der Waals surface area contributed by atoms with Gasteiger partial charge in [0.25, 0.3) is 0 Å². The minimum Gasteiger partial charge on any atom is -0.494 e. The van der Waals surface area contributed by atoms with E-state index in [1.54, 1.807) is 6.20 Å². The predicted molar refractivity (Wildman–Crippen MR) is 72.7 cm³/mol. The van der Waals surface area contributed by atoms with Gasteiger partial charge in [-0.25, -0.2) is 4.98 Å². The molecule has 0 radical (unpaired) electrons. The van der Waals surface area contributed by atoms with Crippen molar-refractivity contribution < 1.29 is 4.74 Å². The van der Waals surface area contributed by atoms with Crippen molar-refractivity contribution in [1.82, 2.24) is 14.9 Å². The lowest BCUT2D eigenvalue weighted by atomic mass is 10.2. The molecule has 0 amide bonds. The van der Waals surface area contributed by atoms with Gasteiger partial charge in [-0.3, -0.25) is 0 Å². The average molecular weight is 245 g/mol. The summed E-state index contributed by atoms with van der Waals surface area (Å²) in [6.45, 7) is 1.78. The summed E-state index contributed by atoms with van der Waals surface area (Å²) in [5.74, 6) is 1.76. The highest BCUT2D eigenvalue weighted by atomic mass is 16.5. The van der Waals surface area contributed by atoms with Crippen LogP contribution in [0.15, 0.2) is 36.7 Å². The summed E-state index contributed by atoms with van der Waals surface area (Å²) in [7, 11) is 4.13. The van der Waals surface area contributed by atoms with E-state index >= 15 is 0 Å². The molecule has 1 aromatic heterocycles. The second kappa shape index (κ2) is 6.21. The van der Waals surface area contributed by atoms with Crippen LogP contribution in [0.3, 0.4) is 0 Å². The number of aromatic nitrogens is 2.